The maximum atomic E-state index is 15.8. The van der Waals surface area contributed by atoms with Gasteiger partial charge in [0.05, 0.1) is 6.61 Å². The van der Waals surface area contributed by atoms with Crippen molar-refractivity contribution in [1.29, 1.82) is 0 Å². The molecule has 3 rings (SSSR count). The minimum atomic E-state index is -4.35. The van der Waals surface area contributed by atoms with Crippen LogP contribution in [0, 0.1) is 5.41 Å². The zero-order chi connectivity index (χ0) is 25.1. The van der Waals surface area contributed by atoms with Crippen molar-refractivity contribution in [1.82, 2.24) is 5.09 Å². The molecule has 2 N–H and O–H groups in total. The zero-order valence-corrected chi connectivity index (χ0v) is 21.0. The second-order valence-electron chi connectivity index (χ2n) is 9.07. The number of hydrogen-bond donors (Lipinski definition) is 2. The topological polar surface area (TPSA) is 102 Å². The number of fused-ring (bicyclic) bond motifs is 1. The van der Waals surface area contributed by atoms with E-state index in [4.69, 9.17) is 9.26 Å². The predicted molar refractivity (Wildman–Crippen MR) is 130 cm³/mol. The van der Waals surface area contributed by atoms with E-state index >= 15 is 4.39 Å². The van der Waals surface area contributed by atoms with Crippen LogP contribution in [-0.4, -0.2) is 29.7 Å². The van der Waals surface area contributed by atoms with Crippen molar-refractivity contribution in [2.24, 2.45) is 5.41 Å². The molecule has 0 spiro atoms. The number of carboxylic acids is 1. The van der Waals surface area contributed by atoms with Gasteiger partial charge < -0.3 is 14.4 Å². The summed E-state index contributed by atoms with van der Waals surface area (Å²) in [7, 11) is -4.35. The molecule has 0 radical (unpaired) electrons. The molecule has 0 aliphatic rings. The van der Waals surface area contributed by atoms with E-state index in [0.29, 0.717) is 10.1 Å². The van der Waals surface area contributed by atoms with E-state index in [1.807, 2.05) is 20.8 Å². The molecule has 182 valence electrons. The van der Waals surface area contributed by atoms with Gasteiger partial charge in [0.2, 0.25) is 5.91 Å². The Morgan fingerprint density at radius 2 is 1.82 bits per heavy atom. The molecule has 1 aromatic heterocycles. The Labute approximate surface area is 201 Å². The molecule has 34 heavy (non-hydrogen) atoms. The third kappa shape index (κ3) is 6.44. The third-order valence-corrected chi connectivity index (χ3v) is 7.91. The molecule has 2 unspecified atom stereocenters. The van der Waals surface area contributed by atoms with Crippen LogP contribution < -0.4 is 9.61 Å². The number of esters is 1. The number of halogens is 1. The highest BCUT2D eigenvalue weighted by Crippen LogP contribution is 2.58. The van der Waals surface area contributed by atoms with Crippen LogP contribution >= 0.6 is 18.9 Å². The smallest absolute Gasteiger partial charge is 0.355 e. The number of nitrogens with one attached hydrogen (secondary N) is 1. The number of thiophene rings is 1. The van der Waals surface area contributed by atoms with Crippen molar-refractivity contribution >= 4 is 40.9 Å². The number of carbonyl (C=O) groups excluding carboxylic acids is 1. The monoisotopic (exact) mass is 507 g/mol. The summed E-state index contributed by atoms with van der Waals surface area (Å²) in [5.41, 5.74) is -0.239. The first kappa shape index (κ1) is 25.9. The number of benzene rings is 2. The van der Waals surface area contributed by atoms with Crippen LogP contribution in [-0.2, 0) is 14.1 Å². The van der Waals surface area contributed by atoms with Gasteiger partial charge in [-0.3, -0.25) is 9.36 Å². The lowest BCUT2D eigenvalue weighted by Crippen LogP contribution is -2.36. The summed E-state index contributed by atoms with van der Waals surface area (Å²) in [6.45, 7) is 7.27. The summed E-state index contributed by atoms with van der Waals surface area (Å²) in [4.78, 5) is 23.9. The predicted octanol–water partition coefficient (Wildman–Crippen LogP) is 6.41. The Balaban J connectivity index is 1.91. The van der Waals surface area contributed by atoms with E-state index in [9.17, 15) is 19.3 Å². The molecule has 0 saturated heterocycles. The summed E-state index contributed by atoms with van der Waals surface area (Å²) in [5, 5.41) is 12.3. The standard InChI is InChI=1S/C24H27FNO6PS/c1-15(23(29)31-14-24(2,3)4)26-33(30,32-18-8-6-5-7-9-18)21(25)16-10-11-19-17(12-16)13-20(34-19)22(27)28/h5-13,15,21H,14H2,1-4H3,(H,26,30)(H,27,28)/t15?,21-,33?/m1/s1. The fraction of sp³-hybridized carbons (Fsp3) is 0.333. The van der Waals surface area contributed by atoms with Crippen LogP contribution in [0.25, 0.3) is 10.1 Å². The average molecular weight is 508 g/mol. The van der Waals surface area contributed by atoms with Gasteiger partial charge in [-0.2, -0.15) is 0 Å². The summed E-state index contributed by atoms with van der Waals surface area (Å²) in [5.74, 6) is -3.73. The number of para-hydroxylation sites is 1. The van der Waals surface area contributed by atoms with E-state index in [0.717, 1.165) is 11.3 Å². The highest BCUT2D eigenvalue weighted by atomic mass is 32.1. The minimum Gasteiger partial charge on any atom is -0.477 e. The van der Waals surface area contributed by atoms with Crippen LogP contribution in [0.3, 0.4) is 0 Å². The number of carbonyl (C=O) groups is 2. The number of ether oxygens (including phenoxy) is 1. The van der Waals surface area contributed by atoms with Gasteiger partial charge >= 0.3 is 19.5 Å². The lowest BCUT2D eigenvalue weighted by Gasteiger charge is -2.27. The molecule has 0 bridgehead atoms. The van der Waals surface area contributed by atoms with Crippen molar-refractivity contribution in [3.8, 4) is 5.75 Å². The quantitative estimate of drug-likeness (QED) is 0.255. The Morgan fingerprint density at radius 1 is 1.15 bits per heavy atom. The molecule has 3 aromatic rings. The average Bonchev–Trinajstić information content (AvgIpc) is 3.20. The first-order valence-electron chi connectivity index (χ1n) is 10.6. The van der Waals surface area contributed by atoms with Crippen molar-refractivity contribution in [3.05, 3.63) is 65.0 Å². The molecule has 10 heteroatoms. The number of rotatable bonds is 9. The van der Waals surface area contributed by atoms with E-state index in [2.05, 4.69) is 5.09 Å². The molecule has 0 saturated carbocycles. The Kier molecular flexibility index (Phi) is 7.81. The van der Waals surface area contributed by atoms with Crippen molar-refractivity contribution in [3.63, 3.8) is 0 Å². The number of aromatic carboxylic acids is 1. The lowest BCUT2D eigenvalue weighted by atomic mass is 9.99. The van der Waals surface area contributed by atoms with E-state index < -0.39 is 31.4 Å². The molecule has 7 nitrogen and oxygen atoms in total. The lowest BCUT2D eigenvalue weighted by molar-refractivity contribution is -0.148. The number of carboxylic acid groups (broad SMARTS) is 1. The largest absolute Gasteiger partial charge is 0.477 e. The van der Waals surface area contributed by atoms with Gasteiger partial charge in [0.15, 0.2) is 0 Å². The molecule has 1 heterocycles. The summed E-state index contributed by atoms with van der Waals surface area (Å²) in [6.07, 6.45) is 0. The van der Waals surface area contributed by atoms with Gasteiger partial charge in [-0.25, -0.2) is 14.3 Å². The fourth-order valence-electron chi connectivity index (χ4n) is 3.02. The van der Waals surface area contributed by atoms with Crippen LogP contribution in [0.1, 0.15) is 48.8 Å². The van der Waals surface area contributed by atoms with E-state index in [1.165, 1.54) is 37.3 Å². The SMILES string of the molecule is CC(NP(=O)(Oc1ccccc1)[C@@H](F)c1ccc2sc(C(=O)O)cc2c1)C(=O)OCC(C)(C)C. The van der Waals surface area contributed by atoms with Crippen molar-refractivity contribution in [2.45, 2.75) is 39.6 Å². The molecule has 2 aromatic carbocycles. The molecule has 0 amide bonds. The summed E-state index contributed by atoms with van der Waals surface area (Å²) in [6, 6.07) is 12.9. The maximum Gasteiger partial charge on any atom is 0.355 e. The van der Waals surface area contributed by atoms with Crippen LogP contribution in [0.2, 0.25) is 0 Å². The van der Waals surface area contributed by atoms with Gasteiger partial charge in [-0.15, -0.1) is 11.3 Å². The minimum absolute atomic E-state index is 0.0317. The van der Waals surface area contributed by atoms with Gasteiger partial charge in [-0.1, -0.05) is 45.0 Å². The number of alkyl halides is 1. The van der Waals surface area contributed by atoms with Crippen molar-refractivity contribution in [2.75, 3.05) is 6.61 Å². The molecule has 3 atom stereocenters. The summed E-state index contributed by atoms with van der Waals surface area (Å²) < 4.78 is 41.2. The molecule has 0 aliphatic carbocycles. The third-order valence-electron chi connectivity index (χ3n) is 4.68. The van der Waals surface area contributed by atoms with E-state index in [-0.39, 0.29) is 28.2 Å². The normalized spacial score (nSPS) is 15.3. The molecular weight excluding hydrogens is 480 g/mol. The fourth-order valence-corrected chi connectivity index (χ4v) is 5.81. The second-order valence-corrected chi connectivity index (χ2v) is 12.2. The van der Waals surface area contributed by atoms with Crippen LogP contribution in [0.4, 0.5) is 4.39 Å². The van der Waals surface area contributed by atoms with Crippen LogP contribution in [0.15, 0.2) is 54.6 Å². The molecular formula is C24H27FNO6PS. The zero-order valence-electron chi connectivity index (χ0n) is 19.3. The highest BCUT2D eigenvalue weighted by molar-refractivity contribution is 7.57. The Morgan fingerprint density at radius 3 is 2.44 bits per heavy atom. The maximum absolute atomic E-state index is 15.8. The van der Waals surface area contributed by atoms with Gasteiger partial charge in [0.1, 0.15) is 16.7 Å². The Hall–Kier alpha value is -2.74. The first-order valence-corrected chi connectivity index (χ1v) is 13.1. The second kappa shape index (κ2) is 10.3. The molecule has 0 fully saturated rings. The molecule has 0 aliphatic heterocycles. The van der Waals surface area contributed by atoms with Crippen molar-refractivity contribution < 1.29 is 32.9 Å². The van der Waals surface area contributed by atoms with E-state index in [1.54, 1.807) is 24.3 Å². The van der Waals surface area contributed by atoms with Gasteiger partial charge in [0.25, 0.3) is 0 Å². The van der Waals surface area contributed by atoms with Gasteiger partial charge in [-0.05, 0) is 53.6 Å². The number of hydrogen-bond acceptors (Lipinski definition) is 6. The Bertz CT molecular complexity index is 1220. The van der Waals surface area contributed by atoms with Gasteiger partial charge in [0, 0.05) is 4.70 Å². The first-order chi connectivity index (χ1) is 15.9. The van der Waals surface area contributed by atoms with Crippen LogP contribution in [0.5, 0.6) is 5.75 Å². The highest BCUT2D eigenvalue weighted by Gasteiger charge is 2.41. The summed E-state index contributed by atoms with van der Waals surface area (Å²) >= 11 is 1.06.